The predicted octanol–water partition coefficient (Wildman–Crippen LogP) is 2.52. The van der Waals surface area contributed by atoms with Gasteiger partial charge in [0.05, 0.1) is 12.2 Å². The first-order valence-electron chi connectivity index (χ1n) is 4.40. The molecule has 0 N–H and O–H groups in total. The first-order valence-corrected chi connectivity index (χ1v) is 5.64. The second-order valence-corrected chi connectivity index (χ2v) is 2.91. The number of nitrogens with zero attached hydrogens (tertiary/aromatic N) is 1. The number of halogens is 1. The van der Waals surface area contributed by atoms with Gasteiger partial charge in [0.1, 0.15) is 0 Å². The first-order chi connectivity index (χ1) is 6.76. The number of aliphatic imine (C=N–C) groups is 1. The Balaban J connectivity index is 4.23. The van der Waals surface area contributed by atoms with Crippen LogP contribution in [-0.4, -0.2) is 25.3 Å². The van der Waals surface area contributed by atoms with Crippen molar-refractivity contribution < 1.29 is 9.53 Å². The lowest BCUT2D eigenvalue weighted by Crippen LogP contribution is -2.05. The second-order valence-electron chi connectivity index (χ2n) is 2.29. The average Bonchev–Trinajstić information content (AvgIpc) is 2.18. The molecule has 0 fully saturated rings. The molecule has 0 aliphatic rings. The molecule has 0 unspecified atom stereocenters. The molecule has 0 aromatic heterocycles. The molecule has 0 heterocycles. The minimum absolute atomic E-state index is 0.303. The van der Waals surface area contributed by atoms with Crippen molar-refractivity contribution in [3.63, 3.8) is 0 Å². The summed E-state index contributed by atoms with van der Waals surface area (Å²) in [6.45, 7) is 4.87. The lowest BCUT2D eigenvalue weighted by molar-refractivity contribution is -0.138. The van der Waals surface area contributed by atoms with Crippen LogP contribution < -0.4 is 0 Å². The van der Waals surface area contributed by atoms with Gasteiger partial charge in [0.25, 0.3) is 0 Å². The van der Waals surface area contributed by atoms with Crippen molar-refractivity contribution in [3.8, 4) is 0 Å². The molecule has 0 aliphatic heterocycles. The van der Waals surface area contributed by atoms with Crippen LogP contribution in [0.3, 0.4) is 0 Å². The summed E-state index contributed by atoms with van der Waals surface area (Å²) in [6.07, 6.45) is 5.08. The van der Waals surface area contributed by atoms with Gasteiger partial charge in [-0.2, -0.15) is 0 Å². The van der Waals surface area contributed by atoms with Crippen LogP contribution in [0.4, 0.5) is 0 Å². The summed E-state index contributed by atoms with van der Waals surface area (Å²) in [5, 5.41) is 0. The van der Waals surface area contributed by atoms with Gasteiger partial charge in [-0.05, 0) is 30.1 Å². The van der Waals surface area contributed by atoms with Crippen LogP contribution in [0.25, 0.3) is 0 Å². The summed E-state index contributed by atoms with van der Waals surface area (Å²) in [4.78, 5) is 15.2. The number of ether oxygens (including phenoxy) is 1. The van der Waals surface area contributed by atoms with Crippen LogP contribution in [0.5, 0.6) is 0 Å². The van der Waals surface area contributed by atoms with Crippen LogP contribution in [0, 0.1) is 0 Å². The Hall–Kier alpha value is -0.650. The molecule has 0 aromatic rings. The largest absolute Gasteiger partial charge is 0.462 e. The molecule has 0 saturated heterocycles. The van der Waals surface area contributed by atoms with Crippen molar-refractivity contribution in [3.05, 3.63) is 21.8 Å². The summed E-state index contributed by atoms with van der Waals surface area (Å²) in [5.41, 5.74) is 0.537. The van der Waals surface area contributed by atoms with Gasteiger partial charge in [0, 0.05) is 12.8 Å². The summed E-state index contributed by atoms with van der Waals surface area (Å²) in [6, 6.07) is 0. The Kier molecular flexibility index (Phi) is 8.51. The zero-order valence-electron chi connectivity index (χ0n) is 8.37. The molecular weight excluding hydrogens is 293 g/mol. The number of rotatable bonds is 5. The third-order valence-corrected chi connectivity index (χ3v) is 1.95. The highest BCUT2D eigenvalue weighted by atomic mass is 127. The van der Waals surface area contributed by atoms with Crippen LogP contribution >= 0.6 is 22.6 Å². The molecule has 14 heavy (non-hydrogen) atoms. The van der Waals surface area contributed by atoms with E-state index in [9.17, 15) is 4.79 Å². The van der Waals surface area contributed by atoms with E-state index in [1.54, 1.807) is 29.4 Å². The van der Waals surface area contributed by atoms with Crippen molar-refractivity contribution in [2.24, 2.45) is 4.99 Å². The molecule has 3 nitrogen and oxygen atoms in total. The SMILES string of the molecule is CC/N=C/C=C\C(=C/I)C(=O)OCC. The zero-order valence-corrected chi connectivity index (χ0v) is 10.5. The summed E-state index contributed by atoms with van der Waals surface area (Å²) in [5.74, 6) is -0.303. The molecule has 0 saturated carbocycles. The summed E-state index contributed by atoms with van der Waals surface area (Å²) < 4.78 is 6.53. The van der Waals surface area contributed by atoms with E-state index in [0.29, 0.717) is 12.2 Å². The van der Waals surface area contributed by atoms with E-state index in [0.717, 1.165) is 6.54 Å². The van der Waals surface area contributed by atoms with Crippen LogP contribution in [0.15, 0.2) is 26.8 Å². The maximum Gasteiger partial charge on any atom is 0.338 e. The minimum Gasteiger partial charge on any atom is -0.462 e. The normalized spacial score (nSPS) is 12.6. The van der Waals surface area contributed by atoms with Gasteiger partial charge >= 0.3 is 5.97 Å². The molecule has 0 amide bonds. The number of hydrogen-bond donors (Lipinski definition) is 0. The fourth-order valence-electron chi connectivity index (χ4n) is 0.676. The lowest BCUT2D eigenvalue weighted by Gasteiger charge is -1.99. The maximum atomic E-state index is 11.2. The van der Waals surface area contributed by atoms with Gasteiger partial charge in [-0.3, -0.25) is 4.99 Å². The van der Waals surface area contributed by atoms with E-state index >= 15 is 0 Å². The van der Waals surface area contributed by atoms with E-state index in [-0.39, 0.29) is 5.97 Å². The Morgan fingerprint density at radius 2 is 2.21 bits per heavy atom. The molecule has 0 bridgehead atoms. The fourth-order valence-corrected chi connectivity index (χ4v) is 1.14. The smallest absolute Gasteiger partial charge is 0.338 e. The highest BCUT2D eigenvalue weighted by Crippen LogP contribution is 2.03. The van der Waals surface area contributed by atoms with Gasteiger partial charge in [0.2, 0.25) is 0 Å². The Bertz CT molecular complexity index is 257. The highest BCUT2D eigenvalue weighted by Gasteiger charge is 2.04. The number of carbonyl (C=O) groups is 1. The monoisotopic (exact) mass is 307 g/mol. The van der Waals surface area contributed by atoms with Crippen LogP contribution in [0.1, 0.15) is 13.8 Å². The van der Waals surface area contributed by atoms with Crippen molar-refractivity contribution in [1.82, 2.24) is 0 Å². The predicted molar refractivity (Wildman–Crippen MR) is 66.9 cm³/mol. The zero-order chi connectivity index (χ0) is 10.8. The number of carbonyl (C=O) groups excluding carboxylic acids is 1. The van der Waals surface area contributed by atoms with Gasteiger partial charge in [0.15, 0.2) is 0 Å². The Labute approximate surface area is 98.1 Å². The Morgan fingerprint density at radius 3 is 2.71 bits per heavy atom. The molecule has 0 aliphatic carbocycles. The molecule has 0 atom stereocenters. The molecule has 0 aromatic carbocycles. The highest BCUT2D eigenvalue weighted by molar-refractivity contribution is 14.1. The summed E-state index contributed by atoms with van der Waals surface area (Å²) in [7, 11) is 0. The van der Waals surface area contributed by atoms with Crippen molar-refractivity contribution in [1.29, 1.82) is 0 Å². The Morgan fingerprint density at radius 1 is 1.50 bits per heavy atom. The summed E-state index contributed by atoms with van der Waals surface area (Å²) >= 11 is 2.01. The molecular formula is C10H14INO2. The third kappa shape index (κ3) is 5.90. The average molecular weight is 307 g/mol. The number of hydrogen-bond acceptors (Lipinski definition) is 3. The van der Waals surface area contributed by atoms with E-state index in [1.807, 2.05) is 29.5 Å². The number of allylic oxidation sites excluding steroid dienone is 1. The molecule has 0 radical (unpaired) electrons. The van der Waals surface area contributed by atoms with E-state index in [2.05, 4.69) is 4.99 Å². The number of esters is 1. The molecule has 0 rings (SSSR count). The van der Waals surface area contributed by atoms with Crippen LogP contribution in [-0.2, 0) is 9.53 Å². The molecule has 0 spiro atoms. The van der Waals surface area contributed by atoms with Crippen molar-refractivity contribution in [2.75, 3.05) is 13.2 Å². The van der Waals surface area contributed by atoms with Crippen molar-refractivity contribution >= 4 is 34.8 Å². The van der Waals surface area contributed by atoms with E-state index < -0.39 is 0 Å². The van der Waals surface area contributed by atoms with Crippen LogP contribution in [0.2, 0.25) is 0 Å². The van der Waals surface area contributed by atoms with Gasteiger partial charge < -0.3 is 4.74 Å². The molecule has 78 valence electrons. The minimum atomic E-state index is -0.303. The van der Waals surface area contributed by atoms with E-state index in [4.69, 9.17) is 4.74 Å². The second kappa shape index (κ2) is 8.93. The fraction of sp³-hybridized carbons (Fsp3) is 0.400. The van der Waals surface area contributed by atoms with E-state index in [1.165, 1.54) is 0 Å². The topological polar surface area (TPSA) is 38.7 Å². The molecule has 4 heteroatoms. The van der Waals surface area contributed by atoms with Gasteiger partial charge in [-0.1, -0.05) is 22.6 Å². The maximum absolute atomic E-state index is 11.2. The van der Waals surface area contributed by atoms with Gasteiger partial charge in [-0.25, -0.2) is 4.79 Å². The lowest BCUT2D eigenvalue weighted by atomic mass is 10.3. The van der Waals surface area contributed by atoms with Crippen molar-refractivity contribution in [2.45, 2.75) is 13.8 Å². The standard InChI is InChI=1S/C10H14INO2/c1-3-12-7-5-6-9(8-11)10(13)14-4-2/h5-8H,3-4H2,1-2H3/b6-5-,9-8+,12-7+. The van der Waals surface area contributed by atoms with Gasteiger partial charge in [-0.15, -0.1) is 0 Å². The third-order valence-electron chi connectivity index (χ3n) is 1.28. The first kappa shape index (κ1) is 13.4. The quantitative estimate of drug-likeness (QED) is 0.257.